The molecule has 1 fully saturated rings. The number of anilines is 1. The van der Waals surface area contributed by atoms with E-state index in [4.69, 9.17) is 10.5 Å². The van der Waals surface area contributed by atoms with Crippen LogP contribution < -0.4 is 11.1 Å². The summed E-state index contributed by atoms with van der Waals surface area (Å²) >= 11 is 0. The second-order valence-electron chi connectivity index (χ2n) is 4.26. The number of carbonyl (C=O) groups excluding carboxylic acids is 1. The lowest BCUT2D eigenvalue weighted by Crippen LogP contribution is -2.38. The van der Waals surface area contributed by atoms with Gasteiger partial charge in [-0.05, 0) is 13.0 Å². The van der Waals surface area contributed by atoms with Crippen LogP contribution >= 0.6 is 0 Å². The van der Waals surface area contributed by atoms with Gasteiger partial charge in [-0.15, -0.1) is 0 Å². The lowest BCUT2D eigenvalue weighted by molar-refractivity contribution is 0.0374. The highest BCUT2D eigenvalue weighted by atomic mass is 16.5. The van der Waals surface area contributed by atoms with Gasteiger partial charge in [0.1, 0.15) is 11.4 Å². The fourth-order valence-corrected chi connectivity index (χ4v) is 1.90. The van der Waals surface area contributed by atoms with Gasteiger partial charge in [0.15, 0.2) is 0 Å². The number of ether oxygens (including phenoxy) is 1. The van der Waals surface area contributed by atoms with Crippen molar-refractivity contribution in [3.05, 3.63) is 11.8 Å². The van der Waals surface area contributed by atoms with Crippen LogP contribution in [-0.4, -0.2) is 60.4 Å². The van der Waals surface area contributed by atoms with E-state index in [1.54, 1.807) is 0 Å². The number of aromatic amines is 1. The van der Waals surface area contributed by atoms with Crippen molar-refractivity contribution in [2.75, 3.05) is 45.1 Å². The third-order valence-corrected chi connectivity index (χ3v) is 2.95. The average molecular weight is 253 g/mol. The van der Waals surface area contributed by atoms with Crippen molar-refractivity contribution in [3.63, 3.8) is 0 Å². The Morgan fingerprint density at radius 1 is 1.56 bits per heavy atom. The summed E-state index contributed by atoms with van der Waals surface area (Å²) < 4.78 is 5.27. The molecule has 1 amide bonds. The quantitative estimate of drug-likeness (QED) is 0.611. The second-order valence-corrected chi connectivity index (χ2v) is 4.26. The van der Waals surface area contributed by atoms with Crippen molar-refractivity contribution in [2.45, 2.75) is 6.42 Å². The molecule has 1 aromatic heterocycles. The number of amides is 1. The minimum atomic E-state index is -0.178. The number of nitrogens with one attached hydrogen (secondary N) is 2. The van der Waals surface area contributed by atoms with E-state index >= 15 is 0 Å². The predicted molar refractivity (Wildman–Crippen MR) is 67.2 cm³/mol. The van der Waals surface area contributed by atoms with Crippen LogP contribution in [0.15, 0.2) is 6.20 Å². The van der Waals surface area contributed by atoms with Crippen LogP contribution in [0.25, 0.3) is 0 Å². The summed E-state index contributed by atoms with van der Waals surface area (Å²) in [6.07, 6.45) is 2.36. The summed E-state index contributed by atoms with van der Waals surface area (Å²) in [6.45, 7) is 5.17. The molecular formula is C11H19N5O2. The smallest absolute Gasteiger partial charge is 0.256 e. The third kappa shape index (κ3) is 3.44. The van der Waals surface area contributed by atoms with Crippen LogP contribution in [0, 0.1) is 0 Å². The Labute approximate surface area is 106 Å². The molecule has 1 aromatic rings. The van der Waals surface area contributed by atoms with Gasteiger partial charge in [-0.25, -0.2) is 0 Å². The standard InChI is InChI=1S/C11H19N5O2/c12-10-9(8-14-15-10)11(17)13-2-1-3-16-4-6-18-7-5-16/h8H,1-7H2,(H,13,17)(H3,12,14,15). The van der Waals surface area contributed by atoms with E-state index in [0.717, 1.165) is 39.3 Å². The van der Waals surface area contributed by atoms with Crippen molar-refractivity contribution in [3.8, 4) is 0 Å². The first-order valence-electron chi connectivity index (χ1n) is 6.14. The van der Waals surface area contributed by atoms with Crippen molar-refractivity contribution in [2.24, 2.45) is 0 Å². The zero-order valence-corrected chi connectivity index (χ0v) is 10.3. The molecule has 2 rings (SSSR count). The highest BCUT2D eigenvalue weighted by Gasteiger charge is 2.12. The minimum Gasteiger partial charge on any atom is -0.383 e. The van der Waals surface area contributed by atoms with E-state index in [2.05, 4.69) is 20.4 Å². The van der Waals surface area contributed by atoms with Crippen LogP contribution in [0.5, 0.6) is 0 Å². The highest BCUT2D eigenvalue weighted by molar-refractivity contribution is 5.97. The van der Waals surface area contributed by atoms with Gasteiger partial charge >= 0.3 is 0 Å². The Balaban J connectivity index is 1.63. The molecule has 0 spiro atoms. The molecule has 2 heterocycles. The average Bonchev–Trinajstić information content (AvgIpc) is 2.82. The van der Waals surface area contributed by atoms with Gasteiger partial charge in [0.2, 0.25) is 0 Å². The molecule has 18 heavy (non-hydrogen) atoms. The van der Waals surface area contributed by atoms with Crippen LogP contribution in [0.3, 0.4) is 0 Å². The second kappa shape index (κ2) is 6.36. The normalized spacial score (nSPS) is 16.7. The molecule has 7 nitrogen and oxygen atoms in total. The molecule has 4 N–H and O–H groups in total. The maximum Gasteiger partial charge on any atom is 0.256 e. The van der Waals surface area contributed by atoms with Crippen LogP contribution in [0.2, 0.25) is 0 Å². The Hall–Kier alpha value is -1.60. The molecule has 0 bridgehead atoms. The number of hydrogen-bond acceptors (Lipinski definition) is 5. The summed E-state index contributed by atoms with van der Waals surface area (Å²) in [5.74, 6) is 0.129. The molecule has 0 saturated carbocycles. The van der Waals surface area contributed by atoms with Gasteiger partial charge in [-0.2, -0.15) is 5.10 Å². The summed E-state index contributed by atoms with van der Waals surface area (Å²) in [4.78, 5) is 14.0. The first kappa shape index (κ1) is 12.8. The number of carbonyl (C=O) groups is 1. The minimum absolute atomic E-state index is 0.178. The van der Waals surface area contributed by atoms with E-state index in [-0.39, 0.29) is 5.91 Å². The maximum absolute atomic E-state index is 11.7. The molecule has 0 atom stereocenters. The topological polar surface area (TPSA) is 96.3 Å². The first-order chi connectivity index (χ1) is 8.77. The van der Waals surface area contributed by atoms with Crippen molar-refractivity contribution in [1.29, 1.82) is 0 Å². The van der Waals surface area contributed by atoms with Crippen LogP contribution in [0.1, 0.15) is 16.8 Å². The molecule has 7 heteroatoms. The lowest BCUT2D eigenvalue weighted by Gasteiger charge is -2.26. The van der Waals surface area contributed by atoms with Crippen molar-refractivity contribution in [1.82, 2.24) is 20.4 Å². The number of H-pyrrole nitrogens is 1. The SMILES string of the molecule is Nc1[nH]ncc1C(=O)NCCCN1CCOCC1. The van der Waals surface area contributed by atoms with E-state index in [9.17, 15) is 4.79 Å². The molecule has 100 valence electrons. The number of morpholine rings is 1. The first-order valence-corrected chi connectivity index (χ1v) is 6.14. The summed E-state index contributed by atoms with van der Waals surface area (Å²) in [5, 5.41) is 9.08. The van der Waals surface area contributed by atoms with Gasteiger partial charge < -0.3 is 15.8 Å². The van der Waals surface area contributed by atoms with E-state index in [0.29, 0.717) is 17.9 Å². The number of hydrogen-bond donors (Lipinski definition) is 3. The molecule has 1 saturated heterocycles. The largest absolute Gasteiger partial charge is 0.383 e. The lowest BCUT2D eigenvalue weighted by atomic mass is 10.3. The molecule has 0 aliphatic carbocycles. The van der Waals surface area contributed by atoms with Gasteiger partial charge in [0, 0.05) is 19.6 Å². The summed E-state index contributed by atoms with van der Waals surface area (Å²) in [5.41, 5.74) is 5.97. The van der Waals surface area contributed by atoms with Crippen molar-refractivity contribution >= 4 is 11.7 Å². The van der Waals surface area contributed by atoms with Gasteiger partial charge in [-0.1, -0.05) is 0 Å². The molecular weight excluding hydrogens is 234 g/mol. The Morgan fingerprint density at radius 3 is 3.00 bits per heavy atom. The number of nitrogens with two attached hydrogens (primary N) is 1. The zero-order chi connectivity index (χ0) is 12.8. The Kier molecular flexibility index (Phi) is 4.54. The fraction of sp³-hybridized carbons (Fsp3) is 0.636. The molecule has 1 aliphatic rings. The predicted octanol–water partition coefficient (Wildman–Crippen LogP) is -0.556. The Morgan fingerprint density at radius 2 is 2.33 bits per heavy atom. The summed E-state index contributed by atoms with van der Waals surface area (Å²) in [6, 6.07) is 0. The van der Waals surface area contributed by atoms with Gasteiger partial charge in [0.25, 0.3) is 5.91 Å². The number of nitrogen functional groups attached to an aromatic ring is 1. The van der Waals surface area contributed by atoms with E-state index in [1.165, 1.54) is 6.20 Å². The molecule has 0 radical (unpaired) electrons. The van der Waals surface area contributed by atoms with Crippen molar-refractivity contribution < 1.29 is 9.53 Å². The maximum atomic E-state index is 11.7. The Bertz CT molecular complexity index is 387. The van der Waals surface area contributed by atoms with Gasteiger partial charge in [0.05, 0.1) is 19.4 Å². The van der Waals surface area contributed by atoms with E-state index < -0.39 is 0 Å². The monoisotopic (exact) mass is 253 g/mol. The fourth-order valence-electron chi connectivity index (χ4n) is 1.90. The zero-order valence-electron chi connectivity index (χ0n) is 10.3. The molecule has 1 aliphatic heterocycles. The third-order valence-electron chi connectivity index (χ3n) is 2.95. The van der Waals surface area contributed by atoms with E-state index in [1.807, 2.05) is 0 Å². The summed E-state index contributed by atoms with van der Waals surface area (Å²) in [7, 11) is 0. The van der Waals surface area contributed by atoms with Crippen LogP contribution in [0.4, 0.5) is 5.82 Å². The number of rotatable bonds is 5. The van der Waals surface area contributed by atoms with Crippen LogP contribution in [-0.2, 0) is 4.74 Å². The highest BCUT2D eigenvalue weighted by Crippen LogP contribution is 2.05. The number of aromatic nitrogens is 2. The molecule has 0 unspecified atom stereocenters. The molecule has 0 aromatic carbocycles. The van der Waals surface area contributed by atoms with Gasteiger partial charge in [-0.3, -0.25) is 14.8 Å². The number of nitrogens with zero attached hydrogens (tertiary/aromatic N) is 2.